The number of hydrogen-bond acceptors (Lipinski definition) is 2. The number of piperidine rings is 1. The minimum absolute atomic E-state index is 0.675. The van der Waals surface area contributed by atoms with Crippen LogP contribution in [0, 0.1) is 13.8 Å². The highest BCUT2D eigenvalue weighted by Gasteiger charge is 2.26. The van der Waals surface area contributed by atoms with Gasteiger partial charge in [0.1, 0.15) is 0 Å². The summed E-state index contributed by atoms with van der Waals surface area (Å²) in [5.41, 5.74) is 4.25. The van der Waals surface area contributed by atoms with Crippen LogP contribution in [0.1, 0.15) is 67.4 Å². The molecule has 1 atom stereocenters. The van der Waals surface area contributed by atoms with Crippen LogP contribution in [-0.2, 0) is 0 Å². The zero-order valence-corrected chi connectivity index (χ0v) is 11.7. The summed E-state index contributed by atoms with van der Waals surface area (Å²) < 4.78 is 2.34. The molecule has 18 heavy (non-hydrogen) atoms. The van der Waals surface area contributed by atoms with Crippen LogP contribution in [0.15, 0.2) is 0 Å². The molecule has 3 nitrogen and oxygen atoms in total. The van der Waals surface area contributed by atoms with E-state index < -0.39 is 0 Å². The second-order valence-electron chi connectivity index (χ2n) is 6.01. The van der Waals surface area contributed by atoms with E-state index in [9.17, 15) is 0 Å². The van der Waals surface area contributed by atoms with Crippen LogP contribution in [-0.4, -0.2) is 22.9 Å². The highest BCUT2D eigenvalue weighted by molar-refractivity contribution is 5.30. The minimum Gasteiger partial charge on any atom is -0.316 e. The second-order valence-corrected chi connectivity index (χ2v) is 6.01. The fourth-order valence-electron chi connectivity index (χ4n) is 3.87. The van der Waals surface area contributed by atoms with Gasteiger partial charge in [-0.25, -0.2) is 0 Å². The molecule has 0 amide bonds. The Morgan fingerprint density at radius 2 is 1.89 bits per heavy atom. The summed E-state index contributed by atoms with van der Waals surface area (Å²) in [5, 5.41) is 8.39. The molecule has 2 aliphatic rings. The molecule has 0 radical (unpaired) electrons. The van der Waals surface area contributed by atoms with E-state index in [4.69, 9.17) is 5.10 Å². The largest absolute Gasteiger partial charge is 0.316 e. The molecule has 3 rings (SSSR count). The first-order valence-electron chi connectivity index (χ1n) is 7.53. The first-order valence-corrected chi connectivity index (χ1v) is 7.53. The molecule has 1 saturated carbocycles. The molecule has 1 saturated heterocycles. The topological polar surface area (TPSA) is 29.9 Å². The van der Waals surface area contributed by atoms with Crippen molar-refractivity contribution in [2.75, 3.05) is 13.1 Å². The molecule has 2 heterocycles. The Kier molecular flexibility index (Phi) is 3.42. The SMILES string of the molecule is Cc1nn(C2CCCC2)c(C)c1C1CCCNC1. The van der Waals surface area contributed by atoms with E-state index in [0.29, 0.717) is 12.0 Å². The summed E-state index contributed by atoms with van der Waals surface area (Å²) in [4.78, 5) is 0. The van der Waals surface area contributed by atoms with Gasteiger partial charge >= 0.3 is 0 Å². The zero-order valence-electron chi connectivity index (χ0n) is 11.7. The maximum absolute atomic E-state index is 4.86. The lowest BCUT2D eigenvalue weighted by atomic mass is 9.90. The normalized spacial score (nSPS) is 25.8. The molecule has 0 spiro atoms. The summed E-state index contributed by atoms with van der Waals surface area (Å²) in [6.45, 7) is 6.80. The van der Waals surface area contributed by atoms with Gasteiger partial charge in [0, 0.05) is 23.7 Å². The first-order chi connectivity index (χ1) is 8.77. The number of nitrogens with one attached hydrogen (secondary N) is 1. The molecule has 1 aliphatic carbocycles. The molecule has 1 aromatic rings. The van der Waals surface area contributed by atoms with Crippen molar-refractivity contribution in [3.8, 4) is 0 Å². The molecule has 0 aromatic carbocycles. The van der Waals surface area contributed by atoms with Crippen LogP contribution in [0.2, 0.25) is 0 Å². The van der Waals surface area contributed by atoms with Gasteiger partial charge in [0.05, 0.1) is 11.7 Å². The van der Waals surface area contributed by atoms with Gasteiger partial charge in [0.15, 0.2) is 0 Å². The number of nitrogens with zero attached hydrogens (tertiary/aromatic N) is 2. The van der Waals surface area contributed by atoms with Gasteiger partial charge in [0.25, 0.3) is 0 Å². The number of hydrogen-bond donors (Lipinski definition) is 1. The van der Waals surface area contributed by atoms with E-state index in [1.165, 1.54) is 62.0 Å². The summed E-state index contributed by atoms with van der Waals surface area (Å²) in [6, 6.07) is 0.675. The van der Waals surface area contributed by atoms with Crippen molar-refractivity contribution in [1.82, 2.24) is 15.1 Å². The molecule has 2 fully saturated rings. The van der Waals surface area contributed by atoms with Crippen molar-refractivity contribution in [3.63, 3.8) is 0 Å². The fourth-order valence-corrected chi connectivity index (χ4v) is 3.87. The quantitative estimate of drug-likeness (QED) is 0.870. The van der Waals surface area contributed by atoms with Crippen molar-refractivity contribution < 1.29 is 0 Å². The predicted octanol–water partition coefficient (Wildman–Crippen LogP) is 3.08. The van der Waals surface area contributed by atoms with E-state index in [2.05, 4.69) is 23.8 Å². The van der Waals surface area contributed by atoms with E-state index >= 15 is 0 Å². The molecule has 1 aromatic heterocycles. The number of rotatable bonds is 2. The summed E-state index contributed by atoms with van der Waals surface area (Å²) >= 11 is 0. The van der Waals surface area contributed by atoms with E-state index in [1.54, 1.807) is 0 Å². The predicted molar refractivity (Wildman–Crippen MR) is 74.1 cm³/mol. The molecular formula is C15H25N3. The Labute approximate surface area is 110 Å². The lowest BCUT2D eigenvalue weighted by Gasteiger charge is -2.23. The highest BCUT2D eigenvalue weighted by atomic mass is 15.3. The Morgan fingerprint density at radius 1 is 1.11 bits per heavy atom. The smallest absolute Gasteiger partial charge is 0.0631 e. The number of aryl methyl sites for hydroxylation is 1. The average molecular weight is 247 g/mol. The third-order valence-corrected chi connectivity index (χ3v) is 4.76. The molecular weight excluding hydrogens is 222 g/mol. The second kappa shape index (κ2) is 5.04. The van der Waals surface area contributed by atoms with Gasteiger partial charge in [-0.3, -0.25) is 4.68 Å². The van der Waals surface area contributed by atoms with Gasteiger partial charge in [-0.15, -0.1) is 0 Å². The van der Waals surface area contributed by atoms with Crippen LogP contribution in [0.3, 0.4) is 0 Å². The van der Waals surface area contributed by atoms with Gasteiger partial charge in [-0.1, -0.05) is 12.8 Å². The van der Waals surface area contributed by atoms with Crippen molar-refractivity contribution in [1.29, 1.82) is 0 Å². The third-order valence-electron chi connectivity index (χ3n) is 4.76. The first kappa shape index (κ1) is 12.2. The van der Waals surface area contributed by atoms with Crippen LogP contribution < -0.4 is 5.32 Å². The van der Waals surface area contributed by atoms with Crippen molar-refractivity contribution in [3.05, 3.63) is 17.0 Å². The van der Waals surface area contributed by atoms with Crippen molar-refractivity contribution in [2.45, 2.75) is 64.3 Å². The van der Waals surface area contributed by atoms with E-state index in [0.717, 1.165) is 6.54 Å². The summed E-state index contributed by atoms with van der Waals surface area (Å²) in [7, 11) is 0. The van der Waals surface area contributed by atoms with E-state index in [-0.39, 0.29) is 0 Å². The maximum Gasteiger partial charge on any atom is 0.0631 e. The van der Waals surface area contributed by atoms with Gasteiger partial charge < -0.3 is 5.32 Å². The molecule has 1 unspecified atom stereocenters. The van der Waals surface area contributed by atoms with Gasteiger partial charge in [-0.2, -0.15) is 5.10 Å². The molecule has 1 N–H and O–H groups in total. The van der Waals surface area contributed by atoms with Crippen LogP contribution >= 0.6 is 0 Å². The van der Waals surface area contributed by atoms with Crippen molar-refractivity contribution in [2.24, 2.45) is 0 Å². The average Bonchev–Trinajstić information content (AvgIpc) is 2.99. The van der Waals surface area contributed by atoms with Crippen molar-refractivity contribution >= 4 is 0 Å². The lowest BCUT2D eigenvalue weighted by Crippen LogP contribution is -2.29. The van der Waals surface area contributed by atoms with E-state index in [1.807, 2.05) is 0 Å². The molecule has 1 aliphatic heterocycles. The minimum atomic E-state index is 0.675. The number of aromatic nitrogens is 2. The monoisotopic (exact) mass is 247 g/mol. The zero-order chi connectivity index (χ0) is 12.5. The Morgan fingerprint density at radius 3 is 2.56 bits per heavy atom. The Bertz CT molecular complexity index is 410. The lowest BCUT2D eigenvalue weighted by molar-refractivity contribution is 0.445. The van der Waals surface area contributed by atoms with Gasteiger partial charge in [-0.05, 0) is 46.1 Å². The van der Waals surface area contributed by atoms with Crippen LogP contribution in [0.4, 0.5) is 0 Å². The molecule has 100 valence electrons. The summed E-state index contributed by atoms with van der Waals surface area (Å²) in [6.07, 6.45) is 8.03. The third kappa shape index (κ3) is 2.09. The van der Waals surface area contributed by atoms with Gasteiger partial charge in [0.2, 0.25) is 0 Å². The van der Waals surface area contributed by atoms with Crippen LogP contribution in [0.25, 0.3) is 0 Å². The summed E-state index contributed by atoms with van der Waals surface area (Å²) in [5.74, 6) is 0.689. The maximum atomic E-state index is 4.86. The molecule has 3 heteroatoms. The highest BCUT2D eigenvalue weighted by Crippen LogP contribution is 2.34. The fraction of sp³-hybridized carbons (Fsp3) is 0.800. The van der Waals surface area contributed by atoms with Crippen LogP contribution in [0.5, 0.6) is 0 Å². The molecule has 0 bridgehead atoms. The Hall–Kier alpha value is -0.830. The Balaban J connectivity index is 1.89. The standard InChI is InChI=1S/C15H25N3/c1-11-15(13-6-5-9-16-10-13)12(2)18(17-11)14-7-3-4-8-14/h13-14,16H,3-10H2,1-2H3.